The van der Waals surface area contributed by atoms with Gasteiger partial charge in [-0.2, -0.15) is 0 Å². The number of pyridine rings is 1. The number of carbonyl (C=O) groups is 1. The van der Waals surface area contributed by atoms with Crippen LogP contribution in [0.2, 0.25) is 0 Å². The van der Waals surface area contributed by atoms with Crippen LogP contribution in [0.15, 0.2) is 18.3 Å². The largest absolute Gasteiger partial charge is 0.481 e. The Bertz CT molecular complexity index is 740. The maximum Gasteiger partial charge on any atom is 0.229 e. The topological polar surface area (TPSA) is 83.1 Å². The van der Waals surface area contributed by atoms with Gasteiger partial charge in [-0.1, -0.05) is 6.92 Å². The number of likely N-dealkylation sites (N-methyl/N-ethyl adjacent to an activating group) is 1. The average molecular weight is 343 g/mol. The first-order chi connectivity index (χ1) is 12.0. The predicted molar refractivity (Wildman–Crippen MR) is 95.8 cm³/mol. The van der Waals surface area contributed by atoms with Crippen molar-refractivity contribution in [2.24, 2.45) is 5.92 Å². The van der Waals surface area contributed by atoms with Gasteiger partial charge in [0.05, 0.1) is 30.6 Å². The minimum atomic E-state index is -0.140. The summed E-state index contributed by atoms with van der Waals surface area (Å²) in [6, 6.07) is 3.53. The molecular weight excluding hydrogens is 318 g/mol. The lowest BCUT2D eigenvalue weighted by Gasteiger charge is -2.17. The van der Waals surface area contributed by atoms with Crippen molar-refractivity contribution >= 4 is 11.6 Å². The van der Waals surface area contributed by atoms with Crippen LogP contribution >= 0.6 is 0 Å². The van der Waals surface area contributed by atoms with Gasteiger partial charge in [-0.05, 0) is 20.0 Å². The van der Waals surface area contributed by atoms with E-state index < -0.39 is 0 Å². The van der Waals surface area contributed by atoms with Crippen LogP contribution in [-0.4, -0.2) is 53.0 Å². The van der Waals surface area contributed by atoms with Gasteiger partial charge in [0.25, 0.3) is 0 Å². The highest BCUT2D eigenvalue weighted by atomic mass is 16.5. The average Bonchev–Trinajstić information content (AvgIpc) is 3.17. The molecule has 1 saturated heterocycles. The van der Waals surface area contributed by atoms with Crippen molar-refractivity contribution in [1.29, 1.82) is 0 Å². The molecule has 7 nitrogen and oxygen atoms in total. The Morgan fingerprint density at radius 1 is 1.44 bits per heavy atom. The number of aromatic nitrogens is 3. The van der Waals surface area contributed by atoms with Gasteiger partial charge in [-0.3, -0.25) is 4.79 Å². The predicted octanol–water partition coefficient (Wildman–Crippen LogP) is 1.97. The fourth-order valence-electron chi connectivity index (χ4n) is 3.42. The monoisotopic (exact) mass is 343 g/mol. The first-order valence-corrected chi connectivity index (χ1v) is 8.56. The first kappa shape index (κ1) is 17.4. The molecule has 7 heteroatoms. The summed E-state index contributed by atoms with van der Waals surface area (Å²) < 4.78 is 5.05. The molecule has 0 unspecified atom stereocenters. The van der Waals surface area contributed by atoms with Crippen LogP contribution in [0.5, 0.6) is 5.88 Å². The molecule has 0 bridgehead atoms. The molecule has 1 fully saturated rings. The van der Waals surface area contributed by atoms with E-state index in [9.17, 15) is 4.79 Å². The molecule has 0 spiro atoms. The Kier molecular flexibility index (Phi) is 5.03. The van der Waals surface area contributed by atoms with Crippen molar-refractivity contribution in [3.05, 3.63) is 35.5 Å². The zero-order valence-electron chi connectivity index (χ0n) is 15.2. The third-order valence-corrected chi connectivity index (χ3v) is 4.71. The van der Waals surface area contributed by atoms with E-state index in [1.165, 1.54) is 0 Å². The number of hydrogen-bond acceptors (Lipinski definition) is 5. The van der Waals surface area contributed by atoms with Crippen molar-refractivity contribution in [3.63, 3.8) is 0 Å². The number of imidazole rings is 1. The van der Waals surface area contributed by atoms with Gasteiger partial charge < -0.3 is 19.9 Å². The summed E-state index contributed by atoms with van der Waals surface area (Å²) in [4.78, 5) is 27.2. The summed E-state index contributed by atoms with van der Waals surface area (Å²) in [7, 11) is 3.61. The van der Waals surface area contributed by atoms with Crippen LogP contribution in [0, 0.1) is 12.8 Å². The Balaban J connectivity index is 1.78. The van der Waals surface area contributed by atoms with Gasteiger partial charge in [-0.15, -0.1) is 0 Å². The fraction of sp³-hybridized carbons (Fsp3) is 0.500. The third-order valence-electron chi connectivity index (χ3n) is 4.71. The van der Waals surface area contributed by atoms with Crippen LogP contribution in [0.1, 0.15) is 30.1 Å². The van der Waals surface area contributed by atoms with Gasteiger partial charge in [0.1, 0.15) is 5.82 Å². The molecule has 2 N–H and O–H groups in total. The summed E-state index contributed by atoms with van der Waals surface area (Å²) in [5.41, 5.74) is 2.74. The summed E-state index contributed by atoms with van der Waals surface area (Å²) in [6.45, 7) is 5.65. The van der Waals surface area contributed by atoms with Crippen LogP contribution in [0.4, 0.5) is 5.69 Å². The van der Waals surface area contributed by atoms with Crippen LogP contribution in [0.3, 0.4) is 0 Å². The Morgan fingerprint density at radius 3 is 2.84 bits per heavy atom. The number of ether oxygens (including phenoxy) is 1. The first-order valence-electron chi connectivity index (χ1n) is 8.56. The summed E-state index contributed by atoms with van der Waals surface area (Å²) >= 11 is 0. The molecule has 3 rings (SSSR count). The highest BCUT2D eigenvalue weighted by Gasteiger charge is 2.39. The number of aryl methyl sites for hydroxylation is 2. The molecule has 0 saturated carbocycles. The summed E-state index contributed by atoms with van der Waals surface area (Å²) in [5.74, 6) is 1.45. The molecule has 134 valence electrons. The number of H-pyrrole nitrogens is 1. The van der Waals surface area contributed by atoms with Gasteiger partial charge in [-0.25, -0.2) is 9.97 Å². The number of anilines is 1. The van der Waals surface area contributed by atoms with Gasteiger partial charge in [0, 0.05) is 37.2 Å². The SMILES string of the molecule is CCc1nc([C@H]2CN(C)C[C@@H]2C(=O)Nc2ccc(OC)nc2)c(C)[nH]1. The molecular formula is C18H25N5O2. The Labute approximate surface area is 147 Å². The number of nitrogens with zero attached hydrogens (tertiary/aromatic N) is 3. The highest BCUT2D eigenvalue weighted by Crippen LogP contribution is 2.33. The smallest absolute Gasteiger partial charge is 0.229 e. The lowest BCUT2D eigenvalue weighted by Crippen LogP contribution is -2.28. The maximum absolute atomic E-state index is 12.9. The quantitative estimate of drug-likeness (QED) is 0.867. The molecule has 1 aliphatic rings. The molecule has 2 atom stereocenters. The molecule has 2 aromatic heterocycles. The summed E-state index contributed by atoms with van der Waals surface area (Å²) in [6.07, 6.45) is 2.47. The number of methoxy groups -OCH3 is 1. The lowest BCUT2D eigenvalue weighted by molar-refractivity contribution is -0.119. The minimum absolute atomic E-state index is 0.00163. The van der Waals surface area contributed by atoms with Gasteiger partial charge in [0.15, 0.2) is 0 Å². The van der Waals surface area contributed by atoms with Crippen molar-refractivity contribution in [1.82, 2.24) is 19.9 Å². The molecule has 0 radical (unpaired) electrons. The van der Waals surface area contributed by atoms with E-state index >= 15 is 0 Å². The fourth-order valence-corrected chi connectivity index (χ4v) is 3.42. The van der Waals surface area contributed by atoms with Crippen LogP contribution < -0.4 is 10.1 Å². The van der Waals surface area contributed by atoms with Gasteiger partial charge >= 0.3 is 0 Å². The number of rotatable bonds is 5. The number of hydrogen-bond donors (Lipinski definition) is 2. The van der Waals surface area contributed by atoms with Crippen molar-refractivity contribution in [3.8, 4) is 5.88 Å². The molecule has 3 heterocycles. The summed E-state index contributed by atoms with van der Waals surface area (Å²) in [5, 5.41) is 2.97. The van der Waals surface area contributed by atoms with Crippen LogP contribution in [0.25, 0.3) is 0 Å². The number of carbonyl (C=O) groups excluding carboxylic acids is 1. The highest BCUT2D eigenvalue weighted by molar-refractivity contribution is 5.93. The molecule has 0 aromatic carbocycles. The van der Waals surface area contributed by atoms with E-state index in [1.54, 1.807) is 25.4 Å². The minimum Gasteiger partial charge on any atom is -0.481 e. The molecule has 0 aliphatic carbocycles. The maximum atomic E-state index is 12.9. The van der Waals surface area contributed by atoms with E-state index in [0.717, 1.165) is 30.2 Å². The Hall–Kier alpha value is -2.41. The molecule has 1 amide bonds. The number of amides is 1. The number of likely N-dealkylation sites (tertiary alicyclic amines) is 1. The van der Waals surface area contributed by atoms with Crippen molar-refractivity contribution in [2.45, 2.75) is 26.2 Å². The second kappa shape index (κ2) is 7.23. The standard InChI is InChI=1S/C18H25N5O2/c1-5-15-20-11(2)17(22-15)13-9-23(3)10-14(13)18(24)21-12-6-7-16(25-4)19-8-12/h6-8,13-14H,5,9-10H2,1-4H3,(H,20,22)(H,21,24)/t13-,14-/m0/s1. The number of nitrogens with one attached hydrogen (secondary N) is 2. The zero-order valence-corrected chi connectivity index (χ0v) is 15.2. The van der Waals surface area contributed by atoms with E-state index in [0.29, 0.717) is 18.1 Å². The van der Waals surface area contributed by atoms with Crippen LogP contribution in [-0.2, 0) is 11.2 Å². The van der Waals surface area contributed by atoms with Crippen molar-refractivity contribution < 1.29 is 9.53 Å². The third kappa shape index (κ3) is 3.66. The zero-order chi connectivity index (χ0) is 18.0. The normalized spacial score (nSPS) is 20.6. The second-order valence-corrected chi connectivity index (χ2v) is 6.56. The molecule has 1 aliphatic heterocycles. The van der Waals surface area contributed by atoms with Crippen molar-refractivity contribution in [2.75, 3.05) is 32.6 Å². The second-order valence-electron chi connectivity index (χ2n) is 6.56. The van der Waals surface area contributed by atoms with E-state index in [1.807, 2.05) is 14.0 Å². The van der Waals surface area contributed by atoms with Gasteiger partial charge in [0.2, 0.25) is 11.8 Å². The molecule has 2 aromatic rings. The van der Waals surface area contributed by atoms with E-state index in [2.05, 4.69) is 27.1 Å². The van der Waals surface area contributed by atoms with E-state index in [4.69, 9.17) is 9.72 Å². The number of aromatic amines is 1. The lowest BCUT2D eigenvalue weighted by atomic mass is 9.91. The van der Waals surface area contributed by atoms with E-state index in [-0.39, 0.29) is 17.7 Å². The molecule has 25 heavy (non-hydrogen) atoms. The Morgan fingerprint density at radius 2 is 2.24 bits per heavy atom.